The number of amides is 1. The average Bonchev–Trinajstić information content (AvgIpc) is 2.51. The molecule has 0 fully saturated rings. The van der Waals surface area contributed by atoms with Gasteiger partial charge in [0.05, 0.1) is 6.54 Å². The van der Waals surface area contributed by atoms with Crippen molar-refractivity contribution >= 4 is 5.91 Å². The van der Waals surface area contributed by atoms with Crippen molar-refractivity contribution in [2.24, 2.45) is 0 Å². The lowest BCUT2D eigenvalue weighted by atomic mass is 10.2. The molecule has 0 saturated carbocycles. The number of carbonyl (C=O) groups is 1. The van der Waals surface area contributed by atoms with Crippen LogP contribution in [0, 0.1) is 13.8 Å². The fourth-order valence-electron chi connectivity index (χ4n) is 2.14. The van der Waals surface area contributed by atoms with Crippen LogP contribution in [-0.2, 0) is 4.79 Å². The summed E-state index contributed by atoms with van der Waals surface area (Å²) < 4.78 is 11.2. The van der Waals surface area contributed by atoms with Crippen molar-refractivity contribution in [3.63, 3.8) is 0 Å². The van der Waals surface area contributed by atoms with Crippen molar-refractivity contribution in [2.45, 2.75) is 26.9 Å². The topological polar surface area (TPSA) is 47.6 Å². The molecule has 0 spiro atoms. The van der Waals surface area contributed by atoms with Crippen molar-refractivity contribution < 1.29 is 14.3 Å². The zero-order valence-corrected chi connectivity index (χ0v) is 13.8. The molecule has 122 valence electrons. The highest BCUT2D eigenvalue weighted by Gasteiger charge is 2.14. The van der Waals surface area contributed by atoms with Crippen molar-refractivity contribution in [3.05, 3.63) is 59.7 Å². The van der Waals surface area contributed by atoms with Gasteiger partial charge in [0.15, 0.2) is 6.10 Å². The van der Waals surface area contributed by atoms with Crippen LogP contribution in [0.4, 0.5) is 0 Å². The van der Waals surface area contributed by atoms with Crippen molar-refractivity contribution in [3.8, 4) is 11.5 Å². The first-order chi connectivity index (χ1) is 11.0. The fraction of sp³-hybridized carbons (Fsp3) is 0.316. The van der Waals surface area contributed by atoms with E-state index in [-0.39, 0.29) is 5.91 Å². The Kier molecular flexibility index (Phi) is 6.03. The third-order valence-electron chi connectivity index (χ3n) is 3.33. The van der Waals surface area contributed by atoms with Gasteiger partial charge < -0.3 is 14.8 Å². The molecule has 1 atom stereocenters. The second-order valence-corrected chi connectivity index (χ2v) is 5.53. The maximum atomic E-state index is 12.0. The lowest BCUT2D eigenvalue weighted by Crippen LogP contribution is -2.38. The summed E-state index contributed by atoms with van der Waals surface area (Å²) in [6.07, 6.45) is -0.546. The minimum atomic E-state index is -0.546. The Labute approximate surface area is 137 Å². The van der Waals surface area contributed by atoms with Gasteiger partial charge in [-0.05, 0) is 56.2 Å². The van der Waals surface area contributed by atoms with E-state index in [1.165, 1.54) is 0 Å². The fourth-order valence-corrected chi connectivity index (χ4v) is 2.14. The average molecular weight is 313 g/mol. The summed E-state index contributed by atoms with van der Waals surface area (Å²) in [5.41, 5.74) is 2.24. The van der Waals surface area contributed by atoms with E-state index in [0.717, 1.165) is 16.9 Å². The summed E-state index contributed by atoms with van der Waals surface area (Å²) in [6, 6.07) is 15.5. The minimum Gasteiger partial charge on any atom is -0.492 e. The van der Waals surface area contributed by atoms with E-state index in [2.05, 4.69) is 5.32 Å². The molecule has 0 radical (unpaired) electrons. The quantitative estimate of drug-likeness (QED) is 0.798. The van der Waals surface area contributed by atoms with E-state index < -0.39 is 6.10 Å². The van der Waals surface area contributed by atoms with Crippen LogP contribution in [0.3, 0.4) is 0 Å². The number of ether oxygens (including phenoxy) is 2. The van der Waals surface area contributed by atoms with Gasteiger partial charge in [0, 0.05) is 0 Å². The van der Waals surface area contributed by atoms with E-state index in [4.69, 9.17) is 9.47 Å². The van der Waals surface area contributed by atoms with Gasteiger partial charge in [0.25, 0.3) is 5.91 Å². The minimum absolute atomic E-state index is 0.153. The summed E-state index contributed by atoms with van der Waals surface area (Å²) in [5, 5.41) is 2.81. The summed E-state index contributed by atoms with van der Waals surface area (Å²) in [5.74, 6) is 1.35. The van der Waals surface area contributed by atoms with Crippen LogP contribution in [0.25, 0.3) is 0 Å². The highest BCUT2D eigenvalue weighted by Crippen LogP contribution is 2.14. The number of benzene rings is 2. The van der Waals surface area contributed by atoms with E-state index >= 15 is 0 Å². The Bertz CT molecular complexity index is 655. The summed E-state index contributed by atoms with van der Waals surface area (Å²) in [4.78, 5) is 12.0. The Balaban J connectivity index is 1.71. The predicted molar refractivity (Wildman–Crippen MR) is 91.0 cm³/mol. The molecular formula is C19H23NO3. The van der Waals surface area contributed by atoms with Gasteiger partial charge in [-0.3, -0.25) is 4.79 Å². The van der Waals surface area contributed by atoms with Gasteiger partial charge in [-0.25, -0.2) is 0 Å². The second kappa shape index (κ2) is 8.22. The third-order valence-corrected chi connectivity index (χ3v) is 3.33. The molecule has 2 aromatic carbocycles. The number of hydrogen-bond donors (Lipinski definition) is 1. The summed E-state index contributed by atoms with van der Waals surface area (Å²) in [6.45, 7) is 6.60. The molecule has 0 saturated heterocycles. The number of aryl methyl sites for hydroxylation is 2. The first-order valence-corrected chi connectivity index (χ1v) is 7.75. The number of carbonyl (C=O) groups excluding carboxylic acids is 1. The van der Waals surface area contributed by atoms with Gasteiger partial charge in [0.2, 0.25) is 0 Å². The van der Waals surface area contributed by atoms with Crippen LogP contribution in [-0.4, -0.2) is 25.2 Å². The first kappa shape index (κ1) is 16.9. The molecule has 1 amide bonds. The molecule has 0 heterocycles. The predicted octanol–water partition coefficient (Wildman–Crippen LogP) is 3.27. The molecule has 1 N–H and O–H groups in total. The highest BCUT2D eigenvalue weighted by atomic mass is 16.5. The molecule has 0 aromatic heterocycles. The van der Waals surface area contributed by atoms with Gasteiger partial charge in [0.1, 0.15) is 18.1 Å². The van der Waals surface area contributed by atoms with Gasteiger partial charge >= 0.3 is 0 Å². The molecule has 0 bridgehead atoms. The Morgan fingerprint density at radius 3 is 2.30 bits per heavy atom. The normalized spacial score (nSPS) is 11.6. The van der Waals surface area contributed by atoms with Crippen molar-refractivity contribution in [2.75, 3.05) is 13.2 Å². The number of rotatable bonds is 7. The zero-order valence-electron chi connectivity index (χ0n) is 13.8. The SMILES string of the molecule is Cc1cccc(OCCNC(=O)C(C)Oc2cccc(C)c2)c1. The zero-order chi connectivity index (χ0) is 16.7. The first-order valence-electron chi connectivity index (χ1n) is 7.75. The van der Waals surface area contributed by atoms with Crippen LogP contribution in [0.2, 0.25) is 0 Å². The van der Waals surface area contributed by atoms with Crippen LogP contribution >= 0.6 is 0 Å². The lowest BCUT2D eigenvalue weighted by Gasteiger charge is -2.15. The number of hydrogen-bond acceptors (Lipinski definition) is 3. The summed E-state index contributed by atoms with van der Waals surface area (Å²) >= 11 is 0. The second-order valence-electron chi connectivity index (χ2n) is 5.53. The van der Waals surface area contributed by atoms with Crippen LogP contribution < -0.4 is 14.8 Å². The van der Waals surface area contributed by atoms with E-state index in [1.807, 2.05) is 62.4 Å². The van der Waals surface area contributed by atoms with Gasteiger partial charge in [-0.1, -0.05) is 24.3 Å². The molecule has 4 nitrogen and oxygen atoms in total. The van der Waals surface area contributed by atoms with Crippen molar-refractivity contribution in [1.82, 2.24) is 5.32 Å². The molecule has 0 aliphatic heterocycles. The molecule has 23 heavy (non-hydrogen) atoms. The maximum absolute atomic E-state index is 12.0. The largest absolute Gasteiger partial charge is 0.492 e. The summed E-state index contributed by atoms with van der Waals surface area (Å²) in [7, 11) is 0. The van der Waals surface area contributed by atoms with Gasteiger partial charge in [-0.2, -0.15) is 0 Å². The molecular weight excluding hydrogens is 290 g/mol. The Morgan fingerprint density at radius 1 is 1.04 bits per heavy atom. The maximum Gasteiger partial charge on any atom is 0.260 e. The smallest absolute Gasteiger partial charge is 0.260 e. The molecule has 2 aromatic rings. The Morgan fingerprint density at radius 2 is 1.65 bits per heavy atom. The standard InChI is InChI=1S/C19H23NO3/c1-14-6-4-8-17(12-14)22-11-10-20-19(21)16(3)23-18-9-5-7-15(2)13-18/h4-9,12-13,16H,10-11H2,1-3H3,(H,20,21). The number of nitrogens with one attached hydrogen (secondary N) is 1. The highest BCUT2D eigenvalue weighted by molar-refractivity contribution is 5.80. The molecule has 0 aliphatic carbocycles. The molecule has 2 rings (SSSR count). The molecule has 4 heteroatoms. The Hall–Kier alpha value is -2.49. The third kappa shape index (κ3) is 5.66. The molecule has 0 aliphatic rings. The van der Waals surface area contributed by atoms with Crippen molar-refractivity contribution in [1.29, 1.82) is 0 Å². The van der Waals surface area contributed by atoms with Crippen LogP contribution in [0.15, 0.2) is 48.5 Å². The van der Waals surface area contributed by atoms with E-state index in [0.29, 0.717) is 18.9 Å². The van der Waals surface area contributed by atoms with Crippen LogP contribution in [0.1, 0.15) is 18.1 Å². The monoisotopic (exact) mass is 313 g/mol. The van der Waals surface area contributed by atoms with Crippen LogP contribution in [0.5, 0.6) is 11.5 Å². The van der Waals surface area contributed by atoms with E-state index in [9.17, 15) is 4.79 Å². The van der Waals surface area contributed by atoms with E-state index in [1.54, 1.807) is 6.92 Å². The molecule has 1 unspecified atom stereocenters. The van der Waals surface area contributed by atoms with Gasteiger partial charge in [-0.15, -0.1) is 0 Å². The lowest BCUT2D eigenvalue weighted by molar-refractivity contribution is -0.127.